The van der Waals surface area contributed by atoms with Crippen molar-refractivity contribution in [3.8, 4) is 0 Å². The van der Waals surface area contributed by atoms with Crippen LogP contribution in [0.5, 0.6) is 0 Å². The van der Waals surface area contributed by atoms with Crippen molar-refractivity contribution in [3.63, 3.8) is 0 Å². The molecule has 0 aromatic carbocycles. The van der Waals surface area contributed by atoms with E-state index < -0.39 is 0 Å². The van der Waals surface area contributed by atoms with Crippen LogP contribution in [0.2, 0.25) is 0 Å². The number of aliphatic hydroxyl groups excluding tert-OH is 1. The summed E-state index contributed by atoms with van der Waals surface area (Å²) in [5.74, 6) is 0. The van der Waals surface area contributed by atoms with Gasteiger partial charge in [0.05, 0.1) is 6.10 Å². The Morgan fingerprint density at radius 1 is 1.33 bits per heavy atom. The van der Waals surface area contributed by atoms with Gasteiger partial charge in [-0.3, -0.25) is 0 Å². The molecule has 0 bridgehead atoms. The van der Waals surface area contributed by atoms with Crippen LogP contribution in [0, 0.1) is 0 Å². The van der Waals surface area contributed by atoms with Crippen molar-refractivity contribution < 1.29 is 5.11 Å². The number of hydrogen-bond acceptors (Lipinski definition) is 2. The van der Waals surface area contributed by atoms with Gasteiger partial charge in [-0.1, -0.05) is 20.3 Å². The minimum Gasteiger partial charge on any atom is -0.392 e. The number of aliphatic hydroxyl groups is 1. The maximum Gasteiger partial charge on any atom is 0.0667 e. The fourth-order valence-electron chi connectivity index (χ4n) is 1.25. The first-order valence-corrected chi connectivity index (χ1v) is 5.00. The number of nitrogens with zero attached hydrogens (tertiary/aromatic N) is 1. The van der Waals surface area contributed by atoms with Crippen LogP contribution < -0.4 is 0 Å². The zero-order valence-corrected chi connectivity index (χ0v) is 8.88. The quantitative estimate of drug-likeness (QED) is 0.663. The third kappa shape index (κ3) is 4.73. The molecule has 12 heavy (non-hydrogen) atoms. The van der Waals surface area contributed by atoms with Gasteiger partial charge in [-0.05, 0) is 26.8 Å². The first-order valence-electron chi connectivity index (χ1n) is 5.00. The van der Waals surface area contributed by atoms with Gasteiger partial charge in [-0.15, -0.1) is 0 Å². The summed E-state index contributed by atoms with van der Waals surface area (Å²) in [6, 6.07) is 0.580. The van der Waals surface area contributed by atoms with E-state index in [0.29, 0.717) is 6.04 Å². The summed E-state index contributed by atoms with van der Waals surface area (Å²) in [7, 11) is 2.08. The smallest absolute Gasteiger partial charge is 0.0667 e. The number of hydrogen-bond donors (Lipinski definition) is 1. The summed E-state index contributed by atoms with van der Waals surface area (Å²) < 4.78 is 0. The molecule has 2 nitrogen and oxygen atoms in total. The Kier molecular flexibility index (Phi) is 6.39. The van der Waals surface area contributed by atoms with Crippen LogP contribution in [0.4, 0.5) is 0 Å². The highest BCUT2D eigenvalue weighted by Crippen LogP contribution is 2.04. The van der Waals surface area contributed by atoms with Crippen LogP contribution in [0.3, 0.4) is 0 Å². The molecule has 0 aromatic rings. The zero-order valence-electron chi connectivity index (χ0n) is 8.88. The minimum absolute atomic E-state index is 0.144. The molecule has 0 amide bonds. The molecule has 74 valence electrons. The first-order chi connectivity index (χ1) is 5.61. The van der Waals surface area contributed by atoms with Crippen molar-refractivity contribution in [1.82, 2.24) is 4.90 Å². The van der Waals surface area contributed by atoms with E-state index in [1.54, 1.807) is 0 Å². The first kappa shape index (κ1) is 11.9. The van der Waals surface area contributed by atoms with Gasteiger partial charge in [0.1, 0.15) is 0 Å². The lowest BCUT2D eigenvalue weighted by molar-refractivity contribution is 0.0994. The van der Waals surface area contributed by atoms with Crippen LogP contribution in [-0.4, -0.2) is 35.7 Å². The Labute approximate surface area is 76.6 Å². The summed E-state index contributed by atoms with van der Waals surface area (Å²) in [5.41, 5.74) is 0. The fraction of sp³-hybridized carbons (Fsp3) is 1.00. The van der Waals surface area contributed by atoms with E-state index in [-0.39, 0.29) is 6.10 Å². The van der Waals surface area contributed by atoms with E-state index in [1.807, 2.05) is 0 Å². The molecule has 0 aromatic heterocycles. The molecule has 0 heterocycles. The highest BCUT2D eigenvalue weighted by molar-refractivity contribution is 4.65. The van der Waals surface area contributed by atoms with Gasteiger partial charge in [-0.2, -0.15) is 0 Å². The summed E-state index contributed by atoms with van der Waals surface area (Å²) in [6.07, 6.45) is 2.99. The van der Waals surface area contributed by atoms with Crippen molar-refractivity contribution in [2.45, 2.75) is 52.2 Å². The Morgan fingerprint density at radius 2 is 1.92 bits per heavy atom. The molecule has 0 rings (SSSR count). The Balaban J connectivity index is 3.59. The van der Waals surface area contributed by atoms with E-state index in [1.165, 1.54) is 0 Å². The Bertz CT molecular complexity index is 106. The highest BCUT2D eigenvalue weighted by Gasteiger charge is 2.10. The van der Waals surface area contributed by atoms with Crippen LogP contribution in [-0.2, 0) is 0 Å². The molecule has 0 saturated heterocycles. The van der Waals surface area contributed by atoms with Gasteiger partial charge >= 0.3 is 0 Å². The maximum absolute atomic E-state index is 9.52. The lowest BCUT2D eigenvalue weighted by atomic mass is 10.1. The number of likely N-dealkylation sites (N-methyl/N-ethyl adjacent to an activating group) is 1. The lowest BCUT2D eigenvalue weighted by Crippen LogP contribution is -2.35. The van der Waals surface area contributed by atoms with Crippen molar-refractivity contribution in [2.24, 2.45) is 0 Å². The second-order valence-electron chi connectivity index (χ2n) is 3.64. The second-order valence-corrected chi connectivity index (χ2v) is 3.64. The molecular weight excluding hydrogens is 150 g/mol. The fourth-order valence-corrected chi connectivity index (χ4v) is 1.25. The van der Waals surface area contributed by atoms with Gasteiger partial charge in [-0.25, -0.2) is 0 Å². The topological polar surface area (TPSA) is 23.5 Å². The summed E-state index contributed by atoms with van der Waals surface area (Å²) in [4.78, 5) is 2.22. The molecule has 0 radical (unpaired) electrons. The second kappa shape index (κ2) is 6.44. The normalized spacial score (nSPS) is 16.5. The SMILES string of the molecule is CCCC(O)CN(C)C(C)CC. The van der Waals surface area contributed by atoms with Gasteiger partial charge in [0, 0.05) is 12.6 Å². The van der Waals surface area contributed by atoms with E-state index in [0.717, 1.165) is 25.8 Å². The van der Waals surface area contributed by atoms with Crippen molar-refractivity contribution in [3.05, 3.63) is 0 Å². The summed E-state index contributed by atoms with van der Waals surface area (Å²) >= 11 is 0. The molecule has 0 aliphatic rings. The van der Waals surface area contributed by atoms with E-state index in [4.69, 9.17) is 0 Å². The zero-order chi connectivity index (χ0) is 9.56. The van der Waals surface area contributed by atoms with E-state index in [9.17, 15) is 5.11 Å². The summed E-state index contributed by atoms with van der Waals surface area (Å²) in [5, 5.41) is 9.52. The monoisotopic (exact) mass is 173 g/mol. The minimum atomic E-state index is -0.144. The predicted octanol–water partition coefficient (Wildman–Crippen LogP) is 1.88. The largest absolute Gasteiger partial charge is 0.392 e. The third-order valence-electron chi connectivity index (χ3n) is 2.46. The molecule has 0 fully saturated rings. The molecule has 2 unspecified atom stereocenters. The number of rotatable bonds is 6. The molecule has 1 N–H and O–H groups in total. The average molecular weight is 173 g/mol. The molecule has 0 aliphatic carbocycles. The molecular formula is C10H23NO. The molecule has 2 atom stereocenters. The van der Waals surface area contributed by atoms with Gasteiger partial charge in [0.15, 0.2) is 0 Å². The van der Waals surface area contributed by atoms with Gasteiger partial charge < -0.3 is 10.0 Å². The Hall–Kier alpha value is -0.0800. The predicted molar refractivity (Wildman–Crippen MR) is 53.3 cm³/mol. The van der Waals surface area contributed by atoms with E-state index in [2.05, 4.69) is 32.7 Å². The van der Waals surface area contributed by atoms with Crippen molar-refractivity contribution in [1.29, 1.82) is 0 Å². The highest BCUT2D eigenvalue weighted by atomic mass is 16.3. The molecule has 0 saturated carbocycles. The maximum atomic E-state index is 9.52. The van der Waals surface area contributed by atoms with Gasteiger partial charge in [0.25, 0.3) is 0 Å². The standard InChI is InChI=1S/C10H23NO/c1-5-7-10(12)8-11(4)9(3)6-2/h9-10,12H,5-8H2,1-4H3. The van der Waals surface area contributed by atoms with Gasteiger partial charge in [0.2, 0.25) is 0 Å². The van der Waals surface area contributed by atoms with Crippen molar-refractivity contribution >= 4 is 0 Å². The van der Waals surface area contributed by atoms with Crippen molar-refractivity contribution in [2.75, 3.05) is 13.6 Å². The molecule has 2 heteroatoms. The van der Waals surface area contributed by atoms with Crippen LogP contribution in [0.25, 0.3) is 0 Å². The van der Waals surface area contributed by atoms with Crippen LogP contribution in [0.1, 0.15) is 40.0 Å². The molecule has 0 aliphatic heterocycles. The molecule has 0 spiro atoms. The third-order valence-corrected chi connectivity index (χ3v) is 2.46. The average Bonchev–Trinajstić information content (AvgIpc) is 2.03. The van der Waals surface area contributed by atoms with Crippen LogP contribution >= 0.6 is 0 Å². The Morgan fingerprint density at radius 3 is 2.33 bits per heavy atom. The van der Waals surface area contributed by atoms with E-state index >= 15 is 0 Å². The lowest BCUT2D eigenvalue weighted by Gasteiger charge is -2.25. The van der Waals surface area contributed by atoms with Crippen LogP contribution in [0.15, 0.2) is 0 Å². The summed E-state index contributed by atoms with van der Waals surface area (Å²) in [6.45, 7) is 7.28.